The number of carbonyl (C=O) groups excluding carboxylic acids is 2. The van der Waals surface area contributed by atoms with Crippen molar-refractivity contribution in [2.75, 3.05) is 13.7 Å². The van der Waals surface area contributed by atoms with Crippen LogP contribution in [0.2, 0.25) is 0 Å². The summed E-state index contributed by atoms with van der Waals surface area (Å²) in [6.07, 6.45) is 7.08. The predicted octanol–water partition coefficient (Wildman–Crippen LogP) is 2.76. The molecule has 0 radical (unpaired) electrons. The predicted molar refractivity (Wildman–Crippen MR) is 74.7 cm³/mol. The molecule has 1 rings (SSSR count). The molecule has 4 heteroatoms. The normalized spacial score (nSPS) is 16.4. The minimum Gasteiger partial charge on any atom is -0.469 e. The Kier molecular flexibility index (Phi) is 6.89. The van der Waals surface area contributed by atoms with Crippen molar-refractivity contribution in [1.82, 2.24) is 4.90 Å². The van der Waals surface area contributed by atoms with E-state index in [-0.39, 0.29) is 24.3 Å². The fraction of sp³-hybridized carbons (Fsp3) is 0.867. The van der Waals surface area contributed by atoms with Crippen molar-refractivity contribution >= 4 is 11.9 Å². The van der Waals surface area contributed by atoms with Crippen molar-refractivity contribution < 1.29 is 14.3 Å². The Labute approximate surface area is 116 Å². The van der Waals surface area contributed by atoms with Crippen LogP contribution in [-0.4, -0.2) is 36.5 Å². The zero-order chi connectivity index (χ0) is 14.3. The van der Waals surface area contributed by atoms with Crippen LogP contribution in [0.3, 0.4) is 0 Å². The van der Waals surface area contributed by atoms with Crippen LogP contribution in [0.5, 0.6) is 0 Å². The van der Waals surface area contributed by atoms with E-state index in [1.807, 2.05) is 18.7 Å². The molecule has 1 amide bonds. The highest BCUT2D eigenvalue weighted by Gasteiger charge is 2.23. The van der Waals surface area contributed by atoms with E-state index in [1.165, 1.54) is 39.2 Å². The van der Waals surface area contributed by atoms with Crippen molar-refractivity contribution in [2.45, 2.75) is 64.8 Å². The zero-order valence-electron chi connectivity index (χ0n) is 12.5. The first kappa shape index (κ1) is 16.0. The Balaban J connectivity index is 2.45. The molecule has 0 heterocycles. The lowest BCUT2D eigenvalue weighted by molar-refractivity contribution is -0.142. The molecular formula is C15H27NO3. The van der Waals surface area contributed by atoms with Gasteiger partial charge in [0, 0.05) is 19.0 Å². The minimum absolute atomic E-state index is 0.140. The summed E-state index contributed by atoms with van der Waals surface area (Å²) in [6.45, 7) is 4.46. The quantitative estimate of drug-likeness (QED) is 0.697. The van der Waals surface area contributed by atoms with E-state index in [4.69, 9.17) is 0 Å². The smallest absolute Gasteiger partial charge is 0.307 e. The van der Waals surface area contributed by atoms with E-state index in [9.17, 15) is 9.59 Å². The average molecular weight is 269 g/mol. The lowest BCUT2D eigenvalue weighted by Gasteiger charge is -2.29. The Morgan fingerprint density at radius 2 is 1.84 bits per heavy atom. The van der Waals surface area contributed by atoms with Crippen LogP contribution in [0.15, 0.2) is 0 Å². The van der Waals surface area contributed by atoms with Crippen molar-refractivity contribution in [3.63, 3.8) is 0 Å². The van der Waals surface area contributed by atoms with Crippen molar-refractivity contribution in [1.29, 1.82) is 0 Å². The number of ether oxygens (including phenoxy) is 1. The summed E-state index contributed by atoms with van der Waals surface area (Å²) in [4.78, 5) is 25.3. The lowest BCUT2D eigenvalue weighted by Crippen LogP contribution is -2.39. The molecule has 1 fully saturated rings. The van der Waals surface area contributed by atoms with Gasteiger partial charge in [0.25, 0.3) is 0 Å². The zero-order valence-corrected chi connectivity index (χ0v) is 12.5. The van der Waals surface area contributed by atoms with Crippen LogP contribution in [-0.2, 0) is 14.3 Å². The summed E-state index contributed by atoms with van der Waals surface area (Å²) in [5, 5.41) is 0. The standard InChI is InChI=1S/C15H27NO3/c1-12(2)16(10-9-15(18)19-3)14(17)11-13-7-5-4-6-8-13/h12-13H,4-11H2,1-3H3. The molecule has 0 unspecified atom stereocenters. The van der Waals surface area contributed by atoms with Gasteiger partial charge >= 0.3 is 5.97 Å². The summed E-state index contributed by atoms with van der Waals surface area (Å²) in [7, 11) is 1.38. The molecule has 0 spiro atoms. The molecule has 0 bridgehead atoms. The van der Waals surface area contributed by atoms with Crippen molar-refractivity contribution in [2.24, 2.45) is 5.92 Å². The molecule has 0 aromatic carbocycles. The largest absolute Gasteiger partial charge is 0.469 e. The van der Waals surface area contributed by atoms with Gasteiger partial charge in [-0.25, -0.2) is 0 Å². The molecule has 0 N–H and O–H groups in total. The van der Waals surface area contributed by atoms with E-state index in [2.05, 4.69) is 4.74 Å². The van der Waals surface area contributed by atoms with Gasteiger partial charge in [-0.3, -0.25) is 9.59 Å². The van der Waals surface area contributed by atoms with E-state index in [1.54, 1.807) is 0 Å². The number of carbonyl (C=O) groups is 2. The van der Waals surface area contributed by atoms with Crippen molar-refractivity contribution in [3.05, 3.63) is 0 Å². The molecule has 110 valence electrons. The van der Waals surface area contributed by atoms with Crippen LogP contribution >= 0.6 is 0 Å². The number of hydrogen-bond donors (Lipinski definition) is 0. The topological polar surface area (TPSA) is 46.6 Å². The van der Waals surface area contributed by atoms with E-state index < -0.39 is 0 Å². The second-order valence-electron chi connectivity index (χ2n) is 5.72. The molecule has 0 aliphatic heterocycles. The summed E-state index contributed by atoms with van der Waals surface area (Å²) < 4.78 is 4.63. The third-order valence-corrected chi connectivity index (χ3v) is 3.92. The molecule has 0 aromatic heterocycles. The molecular weight excluding hydrogens is 242 g/mol. The maximum absolute atomic E-state index is 12.3. The van der Waals surface area contributed by atoms with E-state index in [0.717, 1.165) is 0 Å². The van der Waals surface area contributed by atoms with Gasteiger partial charge in [-0.1, -0.05) is 19.3 Å². The number of rotatable bonds is 6. The molecule has 1 aliphatic rings. The van der Waals surface area contributed by atoms with Gasteiger partial charge in [0.05, 0.1) is 13.5 Å². The average Bonchev–Trinajstić information content (AvgIpc) is 2.39. The molecule has 1 saturated carbocycles. The summed E-state index contributed by atoms with van der Waals surface area (Å²) in [5.74, 6) is 0.475. The second kappa shape index (κ2) is 8.18. The first-order valence-corrected chi connectivity index (χ1v) is 7.41. The Bertz CT molecular complexity index is 296. The molecule has 0 atom stereocenters. The second-order valence-corrected chi connectivity index (χ2v) is 5.72. The first-order valence-electron chi connectivity index (χ1n) is 7.41. The van der Waals surface area contributed by atoms with Crippen LogP contribution < -0.4 is 0 Å². The first-order chi connectivity index (χ1) is 9.04. The summed E-state index contributed by atoms with van der Waals surface area (Å²) in [5.41, 5.74) is 0. The maximum atomic E-state index is 12.3. The third kappa shape index (κ3) is 5.62. The maximum Gasteiger partial charge on any atom is 0.307 e. The molecule has 1 aliphatic carbocycles. The SMILES string of the molecule is COC(=O)CCN(C(=O)CC1CCCCC1)C(C)C. The Hall–Kier alpha value is -1.06. The number of amides is 1. The van der Waals surface area contributed by atoms with Gasteiger partial charge in [0.15, 0.2) is 0 Å². The van der Waals surface area contributed by atoms with E-state index in [0.29, 0.717) is 18.9 Å². The van der Waals surface area contributed by atoms with Crippen molar-refractivity contribution in [3.8, 4) is 0 Å². The fourth-order valence-corrected chi connectivity index (χ4v) is 2.74. The highest BCUT2D eigenvalue weighted by atomic mass is 16.5. The summed E-state index contributed by atoms with van der Waals surface area (Å²) in [6, 6.07) is 0.140. The molecule has 4 nitrogen and oxygen atoms in total. The van der Waals surface area contributed by atoms with Crippen LogP contribution in [0.1, 0.15) is 58.8 Å². The van der Waals surface area contributed by atoms with E-state index >= 15 is 0 Å². The van der Waals surface area contributed by atoms with Gasteiger partial charge < -0.3 is 9.64 Å². The highest BCUT2D eigenvalue weighted by Crippen LogP contribution is 2.27. The van der Waals surface area contributed by atoms with Gasteiger partial charge in [-0.2, -0.15) is 0 Å². The van der Waals surface area contributed by atoms with Crippen LogP contribution in [0, 0.1) is 5.92 Å². The van der Waals surface area contributed by atoms with Gasteiger partial charge in [-0.15, -0.1) is 0 Å². The number of methoxy groups -OCH3 is 1. The summed E-state index contributed by atoms with van der Waals surface area (Å²) >= 11 is 0. The minimum atomic E-state index is -0.254. The number of esters is 1. The van der Waals surface area contributed by atoms with Gasteiger partial charge in [0.1, 0.15) is 0 Å². The van der Waals surface area contributed by atoms with Crippen LogP contribution in [0.25, 0.3) is 0 Å². The number of hydrogen-bond acceptors (Lipinski definition) is 3. The molecule has 0 saturated heterocycles. The van der Waals surface area contributed by atoms with Gasteiger partial charge in [0.2, 0.25) is 5.91 Å². The third-order valence-electron chi connectivity index (χ3n) is 3.92. The Morgan fingerprint density at radius 1 is 1.21 bits per heavy atom. The fourth-order valence-electron chi connectivity index (χ4n) is 2.74. The monoisotopic (exact) mass is 269 g/mol. The van der Waals surface area contributed by atoms with Crippen LogP contribution in [0.4, 0.5) is 0 Å². The molecule has 19 heavy (non-hydrogen) atoms. The molecule has 0 aromatic rings. The highest BCUT2D eigenvalue weighted by molar-refractivity contribution is 5.77. The number of nitrogens with zero attached hydrogens (tertiary/aromatic N) is 1. The van der Waals surface area contributed by atoms with Gasteiger partial charge in [-0.05, 0) is 32.6 Å². The lowest BCUT2D eigenvalue weighted by atomic mass is 9.86. The Morgan fingerprint density at radius 3 is 2.37 bits per heavy atom.